The summed E-state index contributed by atoms with van der Waals surface area (Å²) in [6, 6.07) is 6.51. The van der Waals surface area contributed by atoms with Crippen molar-refractivity contribution in [3.05, 3.63) is 40.7 Å². The van der Waals surface area contributed by atoms with E-state index in [1.165, 1.54) is 7.11 Å². The van der Waals surface area contributed by atoms with Crippen LogP contribution < -0.4 is 15.8 Å². The van der Waals surface area contributed by atoms with Gasteiger partial charge in [0.25, 0.3) is 5.91 Å². The number of para-hydroxylation sites is 1. The second kappa shape index (κ2) is 5.75. The lowest BCUT2D eigenvalue weighted by Gasteiger charge is -2.10. The fourth-order valence-electron chi connectivity index (χ4n) is 1.72. The maximum absolute atomic E-state index is 12.2. The normalized spacial score (nSPS) is 10.2. The number of rotatable bonds is 3. The van der Waals surface area contributed by atoms with E-state index in [0.717, 1.165) is 0 Å². The van der Waals surface area contributed by atoms with Crippen molar-refractivity contribution in [1.29, 1.82) is 0 Å². The molecule has 1 aromatic carbocycles. The number of halogens is 1. The predicted octanol–water partition coefficient (Wildman–Crippen LogP) is 2.28. The van der Waals surface area contributed by atoms with E-state index in [2.05, 4.69) is 15.3 Å². The van der Waals surface area contributed by atoms with Gasteiger partial charge in [-0.15, -0.1) is 0 Å². The molecule has 6 nitrogen and oxygen atoms in total. The Balaban J connectivity index is 2.31. The molecule has 1 heterocycles. The molecule has 0 saturated carbocycles. The number of anilines is 2. The fourth-order valence-corrected chi connectivity index (χ4v) is 1.95. The van der Waals surface area contributed by atoms with Gasteiger partial charge < -0.3 is 10.5 Å². The molecule has 0 spiro atoms. The van der Waals surface area contributed by atoms with Crippen molar-refractivity contribution in [1.82, 2.24) is 9.97 Å². The second-order valence-corrected chi connectivity index (χ2v) is 4.43. The van der Waals surface area contributed by atoms with Crippen LogP contribution >= 0.6 is 11.6 Å². The van der Waals surface area contributed by atoms with Crippen molar-refractivity contribution in [2.75, 3.05) is 18.2 Å². The molecule has 2 rings (SSSR count). The number of hydrogen-bond acceptors (Lipinski definition) is 5. The van der Waals surface area contributed by atoms with Crippen molar-refractivity contribution in [3.8, 4) is 5.75 Å². The highest BCUT2D eigenvalue weighted by Gasteiger charge is 2.15. The fraction of sp³-hybridized carbons (Fsp3) is 0.154. The summed E-state index contributed by atoms with van der Waals surface area (Å²) in [5.74, 6) is 0.0176. The van der Waals surface area contributed by atoms with E-state index in [9.17, 15) is 4.79 Å². The average Bonchev–Trinajstić information content (AvgIpc) is 2.37. The molecule has 1 amide bonds. The number of aromatic nitrogens is 2. The van der Waals surface area contributed by atoms with Gasteiger partial charge in [-0.25, -0.2) is 9.97 Å². The first kappa shape index (κ1) is 14.1. The topological polar surface area (TPSA) is 90.1 Å². The molecule has 20 heavy (non-hydrogen) atoms. The van der Waals surface area contributed by atoms with Crippen molar-refractivity contribution in [2.24, 2.45) is 0 Å². The third-order valence-corrected chi connectivity index (χ3v) is 2.74. The van der Waals surface area contributed by atoms with Crippen LogP contribution in [-0.2, 0) is 0 Å². The number of carbonyl (C=O) groups excluding carboxylic acids is 1. The first-order valence-electron chi connectivity index (χ1n) is 5.76. The van der Waals surface area contributed by atoms with Crippen LogP contribution in [0.25, 0.3) is 0 Å². The minimum atomic E-state index is -0.421. The van der Waals surface area contributed by atoms with Gasteiger partial charge in [-0.3, -0.25) is 10.1 Å². The summed E-state index contributed by atoms with van der Waals surface area (Å²) in [4.78, 5) is 20.2. The molecule has 3 N–H and O–H groups in total. The molecule has 0 atom stereocenters. The van der Waals surface area contributed by atoms with Gasteiger partial charge in [0.05, 0.1) is 18.4 Å². The third kappa shape index (κ3) is 2.97. The number of nitrogens with two attached hydrogens (primary N) is 1. The van der Waals surface area contributed by atoms with E-state index in [4.69, 9.17) is 22.1 Å². The molecular formula is C13H13ClN4O2. The zero-order valence-corrected chi connectivity index (χ0v) is 11.7. The van der Waals surface area contributed by atoms with E-state index in [-0.39, 0.29) is 11.1 Å². The van der Waals surface area contributed by atoms with Gasteiger partial charge >= 0.3 is 0 Å². The zero-order chi connectivity index (χ0) is 14.7. The van der Waals surface area contributed by atoms with E-state index in [1.807, 2.05) is 0 Å². The van der Waals surface area contributed by atoms with Crippen LogP contribution in [0.3, 0.4) is 0 Å². The van der Waals surface area contributed by atoms with E-state index in [0.29, 0.717) is 22.7 Å². The molecule has 0 saturated heterocycles. The van der Waals surface area contributed by atoms with Crippen LogP contribution in [0, 0.1) is 6.92 Å². The quantitative estimate of drug-likeness (QED) is 0.669. The third-order valence-electron chi connectivity index (χ3n) is 2.54. The number of carbonyl (C=O) groups is 1. The van der Waals surface area contributed by atoms with Crippen molar-refractivity contribution in [3.63, 3.8) is 0 Å². The number of nitrogens with zero attached hydrogens (tertiary/aromatic N) is 2. The highest BCUT2D eigenvalue weighted by atomic mass is 35.5. The average molecular weight is 293 g/mol. The highest BCUT2D eigenvalue weighted by Crippen LogP contribution is 2.26. The number of amides is 1. The van der Waals surface area contributed by atoms with Crippen LogP contribution in [0.2, 0.25) is 5.15 Å². The lowest BCUT2D eigenvalue weighted by Crippen LogP contribution is -2.16. The minimum Gasteiger partial charge on any atom is -0.494 e. The maximum Gasteiger partial charge on any atom is 0.261 e. The summed E-state index contributed by atoms with van der Waals surface area (Å²) in [7, 11) is 1.45. The molecule has 0 radical (unpaired) electrons. The summed E-state index contributed by atoms with van der Waals surface area (Å²) in [6.45, 7) is 1.75. The molecule has 0 aliphatic carbocycles. The summed E-state index contributed by atoms with van der Waals surface area (Å²) in [6.07, 6.45) is 0. The smallest absolute Gasteiger partial charge is 0.261 e. The Kier molecular flexibility index (Phi) is 4.05. The predicted molar refractivity (Wildman–Crippen MR) is 77.1 cm³/mol. The van der Waals surface area contributed by atoms with Gasteiger partial charge in [0.2, 0.25) is 5.95 Å². The van der Waals surface area contributed by atoms with Gasteiger partial charge in [0.15, 0.2) is 5.75 Å². The molecule has 2 aromatic rings. The Morgan fingerprint density at radius 1 is 1.40 bits per heavy atom. The molecule has 0 unspecified atom stereocenters. The highest BCUT2D eigenvalue weighted by molar-refractivity contribution is 6.29. The van der Waals surface area contributed by atoms with Gasteiger partial charge in [-0.1, -0.05) is 17.7 Å². The number of ether oxygens (including phenoxy) is 1. The van der Waals surface area contributed by atoms with Gasteiger partial charge in [0.1, 0.15) is 5.15 Å². The number of aryl methyl sites for hydroxylation is 1. The van der Waals surface area contributed by atoms with Crippen LogP contribution in [0.15, 0.2) is 24.3 Å². The summed E-state index contributed by atoms with van der Waals surface area (Å²) in [5.41, 5.74) is 7.08. The Bertz CT molecular complexity index is 641. The summed E-state index contributed by atoms with van der Waals surface area (Å²) in [5, 5.41) is 2.82. The lowest BCUT2D eigenvalue weighted by atomic mass is 10.1. The molecule has 0 fully saturated rings. The van der Waals surface area contributed by atoms with Gasteiger partial charge in [-0.05, 0) is 25.1 Å². The molecule has 0 aliphatic rings. The first-order chi connectivity index (χ1) is 9.51. The molecule has 104 valence electrons. The van der Waals surface area contributed by atoms with Crippen LogP contribution in [-0.4, -0.2) is 23.0 Å². The van der Waals surface area contributed by atoms with E-state index in [1.54, 1.807) is 31.2 Å². The molecule has 0 aliphatic heterocycles. The summed E-state index contributed by atoms with van der Waals surface area (Å²) < 4.78 is 5.13. The Hall–Kier alpha value is -2.34. The molecular weight excluding hydrogens is 280 g/mol. The number of methoxy groups -OCH3 is 1. The van der Waals surface area contributed by atoms with Crippen molar-refractivity contribution in [2.45, 2.75) is 6.92 Å². The standard InChI is InChI=1S/C13H13ClN4O2/c1-7-6-10(14)17-13(16-7)18-12(19)8-4-3-5-9(15)11(8)20-2/h3-6H,15H2,1-2H3,(H,16,17,18,19). The van der Waals surface area contributed by atoms with Crippen LogP contribution in [0.1, 0.15) is 16.1 Å². The summed E-state index contributed by atoms with van der Waals surface area (Å²) >= 11 is 5.82. The van der Waals surface area contributed by atoms with E-state index < -0.39 is 5.91 Å². The molecule has 7 heteroatoms. The number of nitrogen functional groups attached to an aromatic ring is 1. The monoisotopic (exact) mass is 292 g/mol. The van der Waals surface area contributed by atoms with Crippen LogP contribution in [0.5, 0.6) is 5.75 Å². The molecule has 0 bridgehead atoms. The molecule has 1 aromatic heterocycles. The SMILES string of the molecule is COc1c(N)cccc1C(=O)Nc1nc(C)cc(Cl)n1. The first-order valence-corrected chi connectivity index (χ1v) is 6.14. The Labute approximate surface area is 120 Å². The second-order valence-electron chi connectivity index (χ2n) is 4.04. The van der Waals surface area contributed by atoms with Crippen molar-refractivity contribution < 1.29 is 9.53 Å². The van der Waals surface area contributed by atoms with Crippen molar-refractivity contribution >= 4 is 29.1 Å². The Morgan fingerprint density at radius 2 is 2.15 bits per heavy atom. The minimum absolute atomic E-state index is 0.129. The van der Waals surface area contributed by atoms with E-state index >= 15 is 0 Å². The Morgan fingerprint density at radius 3 is 2.80 bits per heavy atom. The lowest BCUT2D eigenvalue weighted by molar-refractivity contribution is 0.102. The van der Waals surface area contributed by atoms with Gasteiger partial charge in [-0.2, -0.15) is 0 Å². The van der Waals surface area contributed by atoms with Crippen LogP contribution in [0.4, 0.5) is 11.6 Å². The zero-order valence-electron chi connectivity index (χ0n) is 11.0. The number of benzene rings is 1. The number of hydrogen-bond donors (Lipinski definition) is 2. The largest absolute Gasteiger partial charge is 0.494 e. The van der Waals surface area contributed by atoms with Gasteiger partial charge in [0, 0.05) is 5.69 Å². The maximum atomic E-state index is 12.2. The number of nitrogens with one attached hydrogen (secondary N) is 1.